The molecular weight excluding hydrogens is 310 g/mol. The fourth-order valence-electron chi connectivity index (χ4n) is 2.98. The van der Waals surface area contributed by atoms with Gasteiger partial charge in [-0.25, -0.2) is 4.68 Å². The van der Waals surface area contributed by atoms with Crippen LogP contribution in [-0.4, -0.2) is 15.7 Å². The van der Waals surface area contributed by atoms with Crippen molar-refractivity contribution in [3.8, 4) is 5.69 Å². The average molecular weight is 331 g/mol. The second kappa shape index (κ2) is 6.55. The molecule has 1 amide bonds. The summed E-state index contributed by atoms with van der Waals surface area (Å²) >= 11 is 0. The highest BCUT2D eigenvalue weighted by molar-refractivity contribution is 5.93. The average Bonchev–Trinajstić information content (AvgIpc) is 3.40. The number of nitrogens with zero attached hydrogens (tertiary/aromatic N) is 2. The lowest BCUT2D eigenvalue weighted by Gasteiger charge is -2.09. The van der Waals surface area contributed by atoms with E-state index in [0.717, 1.165) is 29.8 Å². The van der Waals surface area contributed by atoms with Gasteiger partial charge in [-0.15, -0.1) is 0 Å². The maximum atomic E-state index is 12.8. The number of para-hydroxylation sites is 1. The lowest BCUT2D eigenvalue weighted by molar-refractivity contribution is 0.0943. The molecule has 3 aromatic rings. The Bertz CT molecular complexity index is 895. The lowest BCUT2D eigenvalue weighted by Crippen LogP contribution is -2.25. The molecule has 0 unspecified atom stereocenters. The van der Waals surface area contributed by atoms with Gasteiger partial charge in [0.2, 0.25) is 0 Å². The zero-order valence-corrected chi connectivity index (χ0v) is 14.3. The van der Waals surface area contributed by atoms with E-state index in [0.29, 0.717) is 18.2 Å². The topological polar surface area (TPSA) is 46.9 Å². The van der Waals surface area contributed by atoms with Crippen LogP contribution in [0.5, 0.6) is 0 Å². The quantitative estimate of drug-likeness (QED) is 0.768. The minimum atomic E-state index is -0.0912. The van der Waals surface area contributed by atoms with Crippen LogP contribution < -0.4 is 5.32 Å². The molecule has 0 aliphatic heterocycles. The number of aryl methyl sites for hydroxylation is 1. The van der Waals surface area contributed by atoms with Gasteiger partial charge in [0.05, 0.1) is 11.4 Å². The van der Waals surface area contributed by atoms with Crippen molar-refractivity contribution in [2.75, 3.05) is 0 Å². The normalized spacial score (nSPS) is 13.6. The minimum absolute atomic E-state index is 0.0912. The Labute approximate surface area is 147 Å². The van der Waals surface area contributed by atoms with Crippen LogP contribution in [0.25, 0.3) is 5.69 Å². The van der Waals surface area contributed by atoms with Crippen LogP contribution >= 0.6 is 0 Å². The van der Waals surface area contributed by atoms with Crippen LogP contribution in [-0.2, 0) is 6.54 Å². The number of aromatic nitrogens is 2. The second-order valence-corrected chi connectivity index (χ2v) is 6.59. The Morgan fingerprint density at radius 1 is 1.12 bits per heavy atom. The van der Waals surface area contributed by atoms with E-state index in [1.54, 1.807) is 4.68 Å². The van der Waals surface area contributed by atoms with E-state index in [9.17, 15) is 4.79 Å². The first-order chi connectivity index (χ1) is 12.2. The van der Waals surface area contributed by atoms with E-state index in [2.05, 4.69) is 18.3 Å². The smallest absolute Gasteiger partial charge is 0.270 e. The maximum absolute atomic E-state index is 12.8. The second-order valence-electron chi connectivity index (χ2n) is 6.59. The van der Waals surface area contributed by atoms with E-state index >= 15 is 0 Å². The molecule has 126 valence electrons. The van der Waals surface area contributed by atoms with Gasteiger partial charge in [0.15, 0.2) is 0 Å². The summed E-state index contributed by atoms with van der Waals surface area (Å²) in [6.07, 6.45) is 2.33. The third-order valence-corrected chi connectivity index (χ3v) is 4.66. The van der Waals surface area contributed by atoms with E-state index in [1.165, 1.54) is 5.56 Å². The summed E-state index contributed by atoms with van der Waals surface area (Å²) in [5, 5.41) is 7.73. The van der Waals surface area contributed by atoms with Gasteiger partial charge < -0.3 is 5.32 Å². The third kappa shape index (κ3) is 3.33. The summed E-state index contributed by atoms with van der Waals surface area (Å²) in [5.41, 5.74) is 4.84. The van der Waals surface area contributed by atoms with Gasteiger partial charge >= 0.3 is 0 Å². The predicted octanol–water partition coefficient (Wildman–Crippen LogP) is 3.99. The number of hydrogen-bond acceptors (Lipinski definition) is 2. The number of rotatable bonds is 5. The Hall–Kier alpha value is -2.88. The van der Waals surface area contributed by atoms with Crippen molar-refractivity contribution in [1.82, 2.24) is 15.1 Å². The number of hydrogen-bond donors (Lipinski definition) is 1. The third-order valence-electron chi connectivity index (χ3n) is 4.66. The molecule has 1 heterocycles. The van der Waals surface area contributed by atoms with E-state index in [4.69, 9.17) is 5.10 Å². The maximum Gasteiger partial charge on any atom is 0.270 e. The SMILES string of the molecule is Cc1ccccc1CNC(=O)c1cc(C2CC2)nn1-c1ccccc1. The summed E-state index contributed by atoms with van der Waals surface area (Å²) in [5.74, 6) is 0.416. The molecule has 1 N–H and O–H groups in total. The predicted molar refractivity (Wildman–Crippen MR) is 97.9 cm³/mol. The van der Waals surface area contributed by atoms with Gasteiger partial charge in [0.1, 0.15) is 5.69 Å². The largest absolute Gasteiger partial charge is 0.347 e. The standard InChI is InChI=1S/C21H21N3O/c1-15-7-5-6-8-17(15)14-22-21(25)20-13-19(16-11-12-16)23-24(20)18-9-3-2-4-10-18/h2-10,13,16H,11-12,14H2,1H3,(H,22,25). The molecule has 0 saturated heterocycles. The molecule has 4 heteroatoms. The van der Waals surface area contributed by atoms with Crippen molar-refractivity contribution in [2.24, 2.45) is 0 Å². The minimum Gasteiger partial charge on any atom is -0.347 e. The molecule has 0 bridgehead atoms. The molecule has 0 radical (unpaired) electrons. The van der Waals surface area contributed by atoms with Crippen molar-refractivity contribution in [3.05, 3.63) is 83.2 Å². The summed E-state index contributed by atoms with van der Waals surface area (Å²) in [4.78, 5) is 12.8. The monoisotopic (exact) mass is 331 g/mol. The molecule has 0 spiro atoms. The lowest BCUT2D eigenvalue weighted by atomic mass is 10.1. The first-order valence-corrected chi connectivity index (χ1v) is 8.70. The Kier molecular flexibility index (Phi) is 4.10. The van der Waals surface area contributed by atoms with Gasteiger partial charge in [0.25, 0.3) is 5.91 Å². The van der Waals surface area contributed by atoms with Crippen LogP contribution in [0, 0.1) is 6.92 Å². The van der Waals surface area contributed by atoms with Crippen LogP contribution in [0.2, 0.25) is 0 Å². The van der Waals surface area contributed by atoms with E-state index < -0.39 is 0 Å². The summed E-state index contributed by atoms with van der Waals surface area (Å²) < 4.78 is 1.76. The number of carbonyl (C=O) groups excluding carboxylic acids is 1. The van der Waals surface area contributed by atoms with Gasteiger partial charge in [-0.2, -0.15) is 5.10 Å². The highest BCUT2D eigenvalue weighted by atomic mass is 16.2. The number of benzene rings is 2. The molecule has 25 heavy (non-hydrogen) atoms. The van der Waals surface area contributed by atoms with Gasteiger partial charge in [0, 0.05) is 12.5 Å². The summed E-state index contributed by atoms with van der Waals surface area (Å²) in [6, 6.07) is 19.9. The molecule has 1 fully saturated rings. The van der Waals surface area contributed by atoms with Gasteiger partial charge in [-0.1, -0.05) is 42.5 Å². The highest BCUT2D eigenvalue weighted by Crippen LogP contribution is 2.39. The molecule has 1 aliphatic rings. The van der Waals surface area contributed by atoms with Gasteiger partial charge in [-0.05, 0) is 49.1 Å². The highest BCUT2D eigenvalue weighted by Gasteiger charge is 2.29. The first kappa shape index (κ1) is 15.6. The summed E-state index contributed by atoms with van der Waals surface area (Å²) in [7, 11) is 0. The summed E-state index contributed by atoms with van der Waals surface area (Å²) in [6.45, 7) is 2.57. The number of nitrogens with one attached hydrogen (secondary N) is 1. The van der Waals surface area contributed by atoms with Crippen LogP contribution in [0.3, 0.4) is 0 Å². The Balaban J connectivity index is 1.60. The Morgan fingerprint density at radius 2 is 1.84 bits per heavy atom. The molecule has 1 saturated carbocycles. The van der Waals surface area contributed by atoms with Crippen molar-refractivity contribution >= 4 is 5.91 Å². The molecule has 1 aliphatic carbocycles. The van der Waals surface area contributed by atoms with Crippen LogP contribution in [0.1, 0.15) is 46.1 Å². The zero-order valence-electron chi connectivity index (χ0n) is 14.3. The molecular formula is C21H21N3O. The molecule has 4 rings (SSSR count). The fourth-order valence-corrected chi connectivity index (χ4v) is 2.98. The molecule has 1 aromatic heterocycles. The number of carbonyl (C=O) groups is 1. The van der Waals surface area contributed by atoms with Crippen LogP contribution in [0.4, 0.5) is 0 Å². The number of amides is 1. The van der Waals surface area contributed by atoms with Crippen molar-refractivity contribution in [3.63, 3.8) is 0 Å². The van der Waals surface area contributed by atoms with Crippen LogP contribution in [0.15, 0.2) is 60.7 Å². The molecule has 4 nitrogen and oxygen atoms in total. The molecule has 0 atom stereocenters. The van der Waals surface area contributed by atoms with Crippen molar-refractivity contribution in [1.29, 1.82) is 0 Å². The zero-order chi connectivity index (χ0) is 17.2. The Morgan fingerprint density at radius 3 is 2.56 bits per heavy atom. The van der Waals surface area contributed by atoms with Gasteiger partial charge in [-0.3, -0.25) is 4.79 Å². The van der Waals surface area contributed by atoms with Crippen molar-refractivity contribution in [2.45, 2.75) is 32.2 Å². The van der Waals surface area contributed by atoms with E-state index in [-0.39, 0.29) is 5.91 Å². The van der Waals surface area contributed by atoms with E-state index in [1.807, 2.05) is 54.6 Å². The molecule has 2 aromatic carbocycles. The first-order valence-electron chi connectivity index (χ1n) is 8.70. The van der Waals surface area contributed by atoms with Crippen molar-refractivity contribution < 1.29 is 4.79 Å². The fraction of sp³-hybridized carbons (Fsp3) is 0.238.